The fourth-order valence-corrected chi connectivity index (χ4v) is 9.46. The standard InChI is InChI=1S/C60H117NO5/c1-3-5-7-9-11-13-15-16-17-18-21-25-28-31-34-38-42-46-50-54-60(65)66-55-51-47-43-39-35-32-29-26-23-20-19-22-24-27-30-33-37-41-45-49-53-59(64)61-57(56-62)58(63)52-48-44-40-36-14-12-10-8-6-4-2/h48,52,57-58,62-63H,3-47,49-51,53-56H2,1-2H3,(H,61,64)/b52-48+. The van der Waals surface area contributed by atoms with Gasteiger partial charge in [0.25, 0.3) is 0 Å². The largest absolute Gasteiger partial charge is 0.466 e. The molecule has 2 unspecified atom stereocenters. The van der Waals surface area contributed by atoms with Gasteiger partial charge in [-0.2, -0.15) is 0 Å². The van der Waals surface area contributed by atoms with Crippen LogP contribution >= 0.6 is 0 Å². The number of aliphatic hydroxyl groups is 2. The summed E-state index contributed by atoms with van der Waals surface area (Å²) in [4.78, 5) is 24.5. The van der Waals surface area contributed by atoms with Crippen LogP contribution in [0, 0.1) is 0 Å². The van der Waals surface area contributed by atoms with Crippen molar-refractivity contribution in [1.82, 2.24) is 5.32 Å². The highest BCUT2D eigenvalue weighted by Gasteiger charge is 2.18. The minimum atomic E-state index is -0.843. The predicted molar refractivity (Wildman–Crippen MR) is 287 cm³/mol. The molecule has 0 spiro atoms. The van der Waals surface area contributed by atoms with Gasteiger partial charge in [0.15, 0.2) is 0 Å². The average molecular weight is 933 g/mol. The Labute approximate surface area is 412 Å². The summed E-state index contributed by atoms with van der Waals surface area (Å²) >= 11 is 0. The SMILES string of the molecule is CCCCCCCCCC/C=C/C(O)C(CO)NC(=O)CCCCCCCCCCCCCCCCCCCCCCOC(=O)CCCCCCCCCCCCCCCCCCCCC. The number of hydrogen-bond donors (Lipinski definition) is 3. The first-order valence-corrected chi connectivity index (χ1v) is 30.0. The zero-order valence-electron chi connectivity index (χ0n) is 44.7. The van der Waals surface area contributed by atoms with Crippen molar-refractivity contribution in [3.05, 3.63) is 12.2 Å². The number of amides is 1. The summed E-state index contributed by atoms with van der Waals surface area (Å²) in [6, 6.07) is -0.626. The maximum atomic E-state index is 12.4. The number of allylic oxidation sites excluding steroid dienone is 1. The topological polar surface area (TPSA) is 95.9 Å². The molecule has 1 amide bonds. The molecule has 0 aliphatic heterocycles. The van der Waals surface area contributed by atoms with E-state index >= 15 is 0 Å². The van der Waals surface area contributed by atoms with E-state index in [1.165, 1.54) is 270 Å². The van der Waals surface area contributed by atoms with E-state index < -0.39 is 12.1 Å². The van der Waals surface area contributed by atoms with E-state index in [1.807, 2.05) is 6.08 Å². The number of carbonyl (C=O) groups excluding carboxylic acids is 2. The molecule has 0 aliphatic rings. The Morgan fingerprint density at radius 1 is 0.409 bits per heavy atom. The Kier molecular flexibility index (Phi) is 55.0. The predicted octanol–water partition coefficient (Wildman–Crippen LogP) is 18.5. The molecule has 0 radical (unpaired) electrons. The molecule has 0 heterocycles. The lowest BCUT2D eigenvalue weighted by Gasteiger charge is -2.20. The van der Waals surface area contributed by atoms with Crippen molar-refractivity contribution >= 4 is 11.9 Å². The molecule has 6 heteroatoms. The zero-order valence-corrected chi connectivity index (χ0v) is 44.7. The first-order valence-electron chi connectivity index (χ1n) is 30.0. The Morgan fingerprint density at radius 2 is 0.697 bits per heavy atom. The van der Waals surface area contributed by atoms with E-state index in [1.54, 1.807) is 6.08 Å². The van der Waals surface area contributed by atoms with Crippen molar-refractivity contribution in [2.24, 2.45) is 0 Å². The molecule has 66 heavy (non-hydrogen) atoms. The molecular formula is C60H117NO5. The van der Waals surface area contributed by atoms with Crippen LogP contribution in [0.4, 0.5) is 0 Å². The number of unbranched alkanes of at least 4 members (excludes halogenated alkanes) is 45. The van der Waals surface area contributed by atoms with E-state index in [0.717, 1.165) is 38.5 Å². The minimum Gasteiger partial charge on any atom is -0.466 e. The fourth-order valence-electron chi connectivity index (χ4n) is 9.46. The van der Waals surface area contributed by atoms with Crippen molar-refractivity contribution in [3.63, 3.8) is 0 Å². The van der Waals surface area contributed by atoms with Gasteiger partial charge in [-0.15, -0.1) is 0 Å². The molecule has 0 saturated carbocycles. The zero-order chi connectivity index (χ0) is 47.9. The van der Waals surface area contributed by atoms with Crippen molar-refractivity contribution in [2.45, 2.75) is 347 Å². The third-order valence-electron chi connectivity index (χ3n) is 14.1. The van der Waals surface area contributed by atoms with Gasteiger partial charge >= 0.3 is 5.97 Å². The van der Waals surface area contributed by atoms with Crippen LogP contribution in [0.25, 0.3) is 0 Å². The maximum absolute atomic E-state index is 12.4. The van der Waals surface area contributed by atoms with E-state index in [4.69, 9.17) is 4.74 Å². The van der Waals surface area contributed by atoms with Crippen LogP contribution in [-0.4, -0.2) is 47.4 Å². The van der Waals surface area contributed by atoms with E-state index in [2.05, 4.69) is 19.2 Å². The summed E-state index contributed by atoms with van der Waals surface area (Å²) in [5.74, 6) is -0.0554. The van der Waals surface area contributed by atoms with Crippen molar-refractivity contribution in [1.29, 1.82) is 0 Å². The Morgan fingerprint density at radius 3 is 1.03 bits per heavy atom. The highest BCUT2D eigenvalue weighted by atomic mass is 16.5. The molecule has 0 aliphatic carbocycles. The summed E-state index contributed by atoms with van der Waals surface area (Å²) in [7, 11) is 0. The van der Waals surface area contributed by atoms with Gasteiger partial charge in [-0.25, -0.2) is 0 Å². The second-order valence-corrected chi connectivity index (χ2v) is 20.7. The molecule has 3 N–H and O–H groups in total. The van der Waals surface area contributed by atoms with Crippen molar-refractivity contribution < 1.29 is 24.5 Å². The van der Waals surface area contributed by atoms with Crippen molar-refractivity contribution in [2.75, 3.05) is 13.2 Å². The third kappa shape index (κ3) is 52.0. The lowest BCUT2D eigenvalue weighted by molar-refractivity contribution is -0.143. The lowest BCUT2D eigenvalue weighted by Crippen LogP contribution is -2.45. The molecule has 0 rings (SSSR count). The minimum absolute atomic E-state index is 0.0150. The Balaban J connectivity index is 3.35. The van der Waals surface area contributed by atoms with E-state index in [-0.39, 0.29) is 18.5 Å². The summed E-state index contributed by atoms with van der Waals surface area (Å²) in [6.45, 7) is 4.90. The molecule has 0 aromatic rings. The molecule has 0 bridgehead atoms. The highest BCUT2D eigenvalue weighted by molar-refractivity contribution is 5.76. The molecule has 2 atom stereocenters. The molecular weight excluding hydrogens is 815 g/mol. The second kappa shape index (κ2) is 56.2. The third-order valence-corrected chi connectivity index (χ3v) is 14.1. The molecule has 0 saturated heterocycles. The van der Waals surface area contributed by atoms with E-state index in [0.29, 0.717) is 19.4 Å². The van der Waals surface area contributed by atoms with Gasteiger partial charge in [0.1, 0.15) is 0 Å². The van der Waals surface area contributed by atoms with Crippen LogP contribution in [0.15, 0.2) is 12.2 Å². The summed E-state index contributed by atoms with van der Waals surface area (Å²) in [5, 5.41) is 23.0. The van der Waals surface area contributed by atoms with Crippen LogP contribution in [0.5, 0.6) is 0 Å². The first-order chi connectivity index (χ1) is 32.5. The number of aliphatic hydroxyl groups excluding tert-OH is 2. The molecule has 6 nitrogen and oxygen atoms in total. The van der Waals surface area contributed by atoms with Gasteiger partial charge in [0.05, 0.1) is 25.4 Å². The quantitative estimate of drug-likeness (QED) is 0.0321. The van der Waals surface area contributed by atoms with Gasteiger partial charge in [-0.1, -0.05) is 302 Å². The van der Waals surface area contributed by atoms with Gasteiger partial charge in [-0.05, 0) is 32.1 Å². The number of rotatable bonds is 56. The number of nitrogens with one attached hydrogen (secondary N) is 1. The normalized spacial score (nSPS) is 12.6. The van der Waals surface area contributed by atoms with Crippen LogP contribution < -0.4 is 5.32 Å². The average Bonchev–Trinajstić information content (AvgIpc) is 3.32. The summed E-state index contributed by atoms with van der Waals surface area (Å²) in [6.07, 6.45) is 66.8. The van der Waals surface area contributed by atoms with Gasteiger partial charge < -0.3 is 20.3 Å². The molecule has 0 fully saturated rings. The van der Waals surface area contributed by atoms with E-state index in [9.17, 15) is 19.8 Å². The summed E-state index contributed by atoms with van der Waals surface area (Å²) < 4.78 is 5.50. The molecule has 0 aromatic carbocycles. The molecule has 0 aromatic heterocycles. The lowest BCUT2D eigenvalue weighted by atomic mass is 10.0. The smallest absolute Gasteiger partial charge is 0.305 e. The summed E-state index contributed by atoms with van der Waals surface area (Å²) in [5.41, 5.74) is 0. The number of carbonyl (C=O) groups is 2. The number of esters is 1. The number of hydrogen-bond acceptors (Lipinski definition) is 5. The van der Waals surface area contributed by atoms with Crippen LogP contribution in [0.2, 0.25) is 0 Å². The highest BCUT2D eigenvalue weighted by Crippen LogP contribution is 2.18. The van der Waals surface area contributed by atoms with Crippen molar-refractivity contribution in [3.8, 4) is 0 Å². The van der Waals surface area contributed by atoms with Crippen LogP contribution in [0.3, 0.4) is 0 Å². The monoisotopic (exact) mass is 932 g/mol. The fraction of sp³-hybridized carbons (Fsp3) is 0.933. The van der Waals surface area contributed by atoms with Gasteiger partial charge in [0.2, 0.25) is 5.91 Å². The Hall–Kier alpha value is -1.40. The Bertz CT molecular complexity index is 986. The maximum Gasteiger partial charge on any atom is 0.305 e. The first kappa shape index (κ1) is 64.6. The van der Waals surface area contributed by atoms with Crippen LogP contribution in [0.1, 0.15) is 335 Å². The van der Waals surface area contributed by atoms with Crippen LogP contribution in [-0.2, 0) is 14.3 Å². The van der Waals surface area contributed by atoms with Gasteiger partial charge in [-0.3, -0.25) is 9.59 Å². The molecule has 392 valence electrons. The van der Waals surface area contributed by atoms with Gasteiger partial charge in [0, 0.05) is 12.8 Å². The second-order valence-electron chi connectivity index (χ2n) is 20.7. The number of ether oxygens (including phenoxy) is 1.